The molecule has 0 unspecified atom stereocenters. The highest BCUT2D eigenvalue weighted by molar-refractivity contribution is 7.19. The summed E-state index contributed by atoms with van der Waals surface area (Å²) < 4.78 is 5.00. The molecule has 3 aromatic carbocycles. The maximum absolute atomic E-state index is 12.8. The zero-order valence-corrected chi connectivity index (χ0v) is 18.2. The Hall–Kier alpha value is -4.04. The van der Waals surface area contributed by atoms with Crippen molar-refractivity contribution in [3.63, 3.8) is 0 Å². The molecule has 0 aliphatic carbocycles. The quantitative estimate of drug-likeness (QED) is 0.292. The average molecular weight is 446 g/mol. The van der Waals surface area contributed by atoms with Crippen molar-refractivity contribution in [2.75, 3.05) is 12.4 Å². The first-order valence-electron chi connectivity index (χ1n) is 9.73. The molecule has 1 N–H and O–H groups in total. The van der Waals surface area contributed by atoms with E-state index in [9.17, 15) is 14.9 Å². The van der Waals surface area contributed by atoms with Crippen molar-refractivity contribution in [1.82, 2.24) is 4.98 Å². The van der Waals surface area contributed by atoms with Crippen molar-refractivity contribution in [3.05, 3.63) is 94.0 Å². The van der Waals surface area contributed by atoms with Crippen molar-refractivity contribution in [3.8, 4) is 27.4 Å². The minimum absolute atomic E-state index is 0.0915. The fourth-order valence-corrected chi connectivity index (χ4v) is 4.20. The lowest BCUT2D eigenvalue weighted by Gasteiger charge is -2.05. The molecule has 0 spiro atoms. The van der Waals surface area contributed by atoms with E-state index in [0.29, 0.717) is 5.13 Å². The molecule has 0 atom stereocenters. The summed E-state index contributed by atoms with van der Waals surface area (Å²) >= 11 is 1.35. The highest BCUT2D eigenvalue weighted by Crippen LogP contribution is 2.39. The van der Waals surface area contributed by atoms with Crippen LogP contribution in [0.15, 0.2) is 72.8 Å². The third kappa shape index (κ3) is 4.35. The number of hydrogen-bond donors (Lipinski definition) is 1. The summed E-state index contributed by atoms with van der Waals surface area (Å²) in [5.74, 6) is -0.395. The number of carbonyl (C=O) groups excluding carboxylic acids is 1. The minimum Gasteiger partial charge on any atom is -0.490 e. The molecule has 1 heterocycles. The second-order valence-corrected chi connectivity index (χ2v) is 8.03. The third-order valence-corrected chi connectivity index (χ3v) is 5.87. The molecule has 160 valence electrons. The zero-order chi connectivity index (χ0) is 22.7. The number of methoxy groups -OCH3 is 1. The van der Waals surface area contributed by atoms with E-state index >= 15 is 0 Å². The molecular formula is C24H19N3O4S. The summed E-state index contributed by atoms with van der Waals surface area (Å²) in [5.41, 5.74) is 3.69. The zero-order valence-electron chi connectivity index (χ0n) is 17.4. The van der Waals surface area contributed by atoms with Gasteiger partial charge in [-0.05, 0) is 24.6 Å². The summed E-state index contributed by atoms with van der Waals surface area (Å²) in [6.45, 7) is 2.02. The number of carbonyl (C=O) groups is 1. The second kappa shape index (κ2) is 8.99. The number of thiazole rings is 1. The summed E-state index contributed by atoms with van der Waals surface area (Å²) in [6, 6.07) is 21.9. The lowest BCUT2D eigenvalue weighted by Crippen LogP contribution is -2.12. The number of rotatable bonds is 6. The van der Waals surface area contributed by atoms with Crippen molar-refractivity contribution < 1.29 is 14.5 Å². The van der Waals surface area contributed by atoms with Gasteiger partial charge in [0.15, 0.2) is 10.9 Å². The Morgan fingerprint density at radius 1 is 1.03 bits per heavy atom. The number of nitro groups is 1. The van der Waals surface area contributed by atoms with E-state index in [1.807, 2.05) is 61.5 Å². The number of nitrogens with zero attached hydrogens (tertiary/aromatic N) is 2. The Balaban J connectivity index is 1.70. The van der Waals surface area contributed by atoms with Crippen LogP contribution in [0.4, 0.5) is 10.8 Å². The van der Waals surface area contributed by atoms with Crippen LogP contribution in [0.2, 0.25) is 0 Å². The number of nitrogens with one attached hydrogen (secondary N) is 1. The maximum Gasteiger partial charge on any atom is 0.311 e. The fourth-order valence-electron chi connectivity index (χ4n) is 3.21. The van der Waals surface area contributed by atoms with Crippen LogP contribution in [0.5, 0.6) is 5.75 Å². The Morgan fingerprint density at radius 3 is 2.41 bits per heavy atom. The van der Waals surface area contributed by atoms with Crippen LogP contribution in [0.25, 0.3) is 21.7 Å². The van der Waals surface area contributed by atoms with Crippen LogP contribution >= 0.6 is 11.3 Å². The predicted molar refractivity (Wildman–Crippen MR) is 125 cm³/mol. The Morgan fingerprint density at radius 2 is 1.75 bits per heavy atom. The Kier molecular flexibility index (Phi) is 5.96. The normalized spacial score (nSPS) is 10.6. The number of ether oxygens (including phenoxy) is 1. The molecule has 4 aromatic rings. The van der Waals surface area contributed by atoms with Gasteiger partial charge in [0, 0.05) is 17.2 Å². The van der Waals surface area contributed by atoms with Gasteiger partial charge in [0.05, 0.1) is 22.6 Å². The van der Waals surface area contributed by atoms with E-state index in [-0.39, 0.29) is 17.0 Å². The molecule has 0 aliphatic rings. The van der Waals surface area contributed by atoms with E-state index < -0.39 is 10.8 Å². The first-order chi connectivity index (χ1) is 15.5. The molecule has 4 rings (SSSR count). The molecule has 7 nitrogen and oxygen atoms in total. The molecule has 0 fully saturated rings. The standard InChI is InChI=1S/C24H19N3O4S/c1-15-8-10-16(11-9-15)21-22(17-6-4-3-5-7-17)32-24(25-21)26-23(28)18-12-13-20(31-2)19(14-18)27(29)30/h3-14H,1-2H3,(H,25,26,28). The van der Waals surface area contributed by atoms with E-state index in [4.69, 9.17) is 4.74 Å². The number of aryl methyl sites for hydroxylation is 1. The lowest BCUT2D eigenvalue weighted by molar-refractivity contribution is -0.385. The molecular weight excluding hydrogens is 426 g/mol. The Bertz CT molecular complexity index is 1280. The monoisotopic (exact) mass is 445 g/mol. The third-order valence-electron chi connectivity index (χ3n) is 4.85. The van der Waals surface area contributed by atoms with Crippen LogP contribution in [0, 0.1) is 17.0 Å². The molecule has 0 saturated carbocycles. The van der Waals surface area contributed by atoms with Gasteiger partial charge in [-0.3, -0.25) is 20.2 Å². The lowest BCUT2D eigenvalue weighted by atomic mass is 10.1. The summed E-state index contributed by atoms with van der Waals surface area (Å²) in [4.78, 5) is 29.1. The van der Waals surface area contributed by atoms with Gasteiger partial charge in [-0.1, -0.05) is 71.5 Å². The molecule has 0 aliphatic heterocycles. The molecule has 0 bridgehead atoms. The number of nitro benzene ring substituents is 1. The van der Waals surface area contributed by atoms with Crippen molar-refractivity contribution >= 4 is 28.1 Å². The molecule has 32 heavy (non-hydrogen) atoms. The van der Waals surface area contributed by atoms with Gasteiger partial charge in [-0.25, -0.2) is 4.98 Å². The highest BCUT2D eigenvalue weighted by Gasteiger charge is 2.20. The smallest absolute Gasteiger partial charge is 0.311 e. The molecule has 1 amide bonds. The van der Waals surface area contributed by atoms with E-state index in [0.717, 1.165) is 27.3 Å². The number of aromatic nitrogens is 1. The topological polar surface area (TPSA) is 94.4 Å². The summed E-state index contributed by atoms with van der Waals surface area (Å²) in [6.07, 6.45) is 0. The van der Waals surface area contributed by atoms with Crippen LogP contribution in [-0.4, -0.2) is 22.9 Å². The number of amides is 1. The van der Waals surface area contributed by atoms with Crippen molar-refractivity contribution in [1.29, 1.82) is 0 Å². The largest absolute Gasteiger partial charge is 0.490 e. The SMILES string of the molecule is COc1ccc(C(=O)Nc2nc(-c3ccc(C)cc3)c(-c3ccccc3)s2)cc1[N+](=O)[O-]. The van der Waals surface area contributed by atoms with Crippen molar-refractivity contribution in [2.24, 2.45) is 0 Å². The molecule has 8 heteroatoms. The van der Waals surface area contributed by atoms with Crippen LogP contribution in [0.3, 0.4) is 0 Å². The van der Waals surface area contributed by atoms with Crippen LogP contribution in [0.1, 0.15) is 15.9 Å². The summed E-state index contributed by atoms with van der Waals surface area (Å²) in [7, 11) is 1.34. The first-order valence-corrected chi connectivity index (χ1v) is 10.5. The van der Waals surface area contributed by atoms with Gasteiger partial charge in [0.2, 0.25) is 0 Å². The number of benzene rings is 3. The average Bonchev–Trinajstić information content (AvgIpc) is 3.23. The van der Waals surface area contributed by atoms with Gasteiger partial charge in [-0.15, -0.1) is 0 Å². The van der Waals surface area contributed by atoms with E-state index in [1.165, 1.54) is 36.6 Å². The predicted octanol–water partition coefficient (Wildman–Crippen LogP) is 5.95. The fraction of sp³-hybridized carbons (Fsp3) is 0.0833. The van der Waals surface area contributed by atoms with E-state index in [1.54, 1.807) is 0 Å². The molecule has 0 radical (unpaired) electrons. The van der Waals surface area contributed by atoms with Gasteiger partial charge in [0.25, 0.3) is 5.91 Å². The Labute approximate surface area is 188 Å². The van der Waals surface area contributed by atoms with Crippen molar-refractivity contribution in [2.45, 2.75) is 6.92 Å². The van der Waals surface area contributed by atoms with Gasteiger partial charge in [-0.2, -0.15) is 0 Å². The molecule has 0 saturated heterocycles. The maximum atomic E-state index is 12.8. The first kappa shape index (κ1) is 21.2. The second-order valence-electron chi connectivity index (χ2n) is 7.03. The van der Waals surface area contributed by atoms with E-state index in [2.05, 4.69) is 10.3 Å². The summed E-state index contributed by atoms with van der Waals surface area (Å²) in [5, 5.41) is 14.5. The molecule has 1 aromatic heterocycles. The van der Waals surface area contributed by atoms with Crippen LogP contribution < -0.4 is 10.1 Å². The number of hydrogen-bond acceptors (Lipinski definition) is 6. The van der Waals surface area contributed by atoms with Gasteiger partial charge >= 0.3 is 5.69 Å². The van der Waals surface area contributed by atoms with Gasteiger partial charge < -0.3 is 4.74 Å². The minimum atomic E-state index is -0.581. The van der Waals surface area contributed by atoms with Crippen LogP contribution in [-0.2, 0) is 0 Å². The van der Waals surface area contributed by atoms with Gasteiger partial charge in [0.1, 0.15) is 0 Å². The number of anilines is 1. The highest BCUT2D eigenvalue weighted by atomic mass is 32.1.